The van der Waals surface area contributed by atoms with E-state index < -0.39 is 30.1 Å². The Kier molecular flexibility index (Phi) is 7.27. The van der Waals surface area contributed by atoms with Crippen LogP contribution in [0.1, 0.15) is 34.8 Å². The zero-order chi connectivity index (χ0) is 24.2. The molecule has 5 nitrogen and oxygen atoms in total. The van der Waals surface area contributed by atoms with Crippen LogP contribution >= 0.6 is 0 Å². The number of alkyl halides is 5. The number of halogens is 5. The van der Waals surface area contributed by atoms with Crippen LogP contribution in [0, 0.1) is 0 Å². The minimum absolute atomic E-state index is 0.00242. The van der Waals surface area contributed by atoms with Gasteiger partial charge in [0.1, 0.15) is 5.75 Å². The summed E-state index contributed by atoms with van der Waals surface area (Å²) >= 11 is 0. The first-order valence-electron chi connectivity index (χ1n) is 9.74. The number of nitrogens with one attached hydrogen (secondary N) is 1. The van der Waals surface area contributed by atoms with Crippen LogP contribution in [0.3, 0.4) is 0 Å². The summed E-state index contributed by atoms with van der Waals surface area (Å²) in [6.45, 7) is 1.26. The predicted octanol–water partition coefficient (Wildman–Crippen LogP) is 5.61. The van der Waals surface area contributed by atoms with Gasteiger partial charge in [-0.2, -0.15) is 13.2 Å². The van der Waals surface area contributed by atoms with Gasteiger partial charge in [-0.25, -0.2) is 13.8 Å². The average Bonchev–Trinajstić information content (AvgIpc) is 2.79. The van der Waals surface area contributed by atoms with Gasteiger partial charge in [-0.1, -0.05) is 24.3 Å². The first-order chi connectivity index (χ1) is 15.6. The molecule has 1 aromatic heterocycles. The molecule has 33 heavy (non-hydrogen) atoms. The fourth-order valence-electron chi connectivity index (χ4n) is 2.96. The molecule has 0 fully saturated rings. The maximum absolute atomic E-state index is 13.6. The van der Waals surface area contributed by atoms with Gasteiger partial charge in [-0.15, -0.1) is 0 Å². The number of benzene rings is 2. The van der Waals surface area contributed by atoms with E-state index in [0.717, 1.165) is 30.5 Å². The Hall–Kier alpha value is -3.53. The summed E-state index contributed by atoms with van der Waals surface area (Å²) in [7, 11) is 0. The molecule has 0 unspecified atom stereocenters. The molecule has 0 radical (unpaired) electrons. The van der Waals surface area contributed by atoms with Gasteiger partial charge in [0.05, 0.1) is 17.7 Å². The minimum Gasteiger partial charge on any atom is -0.438 e. The Bertz CT molecular complexity index is 1120. The number of rotatable bonds is 7. The van der Waals surface area contributed by atoms with Crippen molar-refractivity contribution in [3.05, 3.63) is 77.5 Å². The molecular formula is C23H19F5N2O3. The van der Waals surface area contributed by atoms with Crippen molar-refractivity contribution in [2.75, 3.05) is 6.61 Å². The first kappa shape index (κ1) is 24.1. The first-order valence-corrected chi connectivity index (χ1v) is 9.74. The molecule has 3 rings (SSSR count). The third kappa shape index (κ3) is 5.83. The van der Waals surface area contributed by atoms with E-state index in [-0.39, 0.29) is 40.5 Å². The lowest BCUT2D eigenvalue weighted by Crippen LogP contribution is -2.35. The fraction of sp³-hybridized carbons (Fsp3) is 0.217. The van der Waals surface area contributed by atoms with Crippen molar-refractivity contribution in [2.45, 2.75) is 25.6 Å². The standard InChI is InChI=1S/C23H19F5N2O3/c1-13(12-31)30-21(32)14-10-19(17-4-2-3-5-18(17)20(24)25)22(29-11-14)33-16-8-6-15(7-9-16)23(26,27)28/h2-11,13,20,31H,12H2,1H3,(H,30,32)/t13-/m1/s1. The number of nitrogens with zero attached hydrogens (tertiary/aromatic N) is 1. The van der Waals surface area contributed by atoms with E-state index >= 15 is 0 Å². The summed E-state index contributed by atoms with van der Waals surface area (Å²) in [5, 5.41) is 11.7. The Morgan fingerprint density at radius 2 is 1.76 bits per heavy atom. The molecule has 0 spiro atoms. The van der Waals surface area contributed by atoms with Crippen LogP contribution in [0.15, 0.2) is 60.8 Å². The fourth-order valence-corrected chi connectivity index (χ4v) is 2.96. The van der Waals surface area contributed by atoms with Crippen LogP contribution in [0.4, 0.5) is 22.0 Å². The van der Waals surface area contributed by atoms with Crippen LogP contribution < -0.4 is 10.1 Å². The zero-order valence-corrected chi connectivity index (χ0v) is 17.2. The molecule has 0 saturated heterocycles. The maximum atomic E-state index is 13.6. The lowest BCUT2D eigenvalue weighted by Gasteiger charge is -2.16. The molecule has 0 saturated carbocycles. The number of ether oxygens (including phenoxy) is 1. The van der Waals surface area contributed by atoms with Crippen LogP contribution in [0.25, 0.3) is 11.1 Å². The van der Waals surface area contributed by atoms with Crippen LogP contribution in [0.5, 0.6) is 11.6 Å². The van der Waals surface area contributed by atoms with E-state index in [1.165, 1.54) is 30.3 Å². The monoisotopic (exact) mass is 466 g/mol. The van der Waals surface area contributed by atoms with E-state index in [1.807, 2.05) is 0 Å². The van der Waals surface area contributed by atoms with Crippen LogP contribution in [-0.2, 0) is 6.18 Å². The van der Waals surface area contributed by atoms with E-state index in [9.17, 15) is 26.7 Å². The van der Waals surface area contributed by atoms with Gasteiger partial charge < -0.3 is 15.2 Å². The third-order valence-corrected chi connectivity index (χ3v) is 4.65. The molecule has 0 aliphatic heterocycles. The highest BCUT2D eigenvalue weighted by Gasteiger charge is 2.30. The smallest absolute Gasteiger partial charge is 0.416 e. The Balaban J connectivity index is 2.05. The van der Waals surface area contributed by atoms with Crippen molar-refractivity contribution in [3.8, 4) is 22.8 Å². The number of carbonyl (C=O) groups is 1. The highest BCUT2D eigenvalue weighted by molar-refractivity contribution is 5.96. The number of aromatic nitrogens is 1. The zero-order valence-electron chi connectivity index (χ0n) is 17.2. The van der Waals surface area contributed by atoms with Crippen LogP contribution in [0.2, 0.25) is 0 Å². The number of amides is 1. The van der Waals surface area contributed by atoms with Gasteiger partial charge in [0, 0.05) is 23.4 Å². The van der Waals surface area contributed by atoms with Crippen molar-refractivity contribution in [2.24, 2.45) is 0 Å². The largest absolute Gasteiger partial charge is 0.438 e. The summed E-state index contributed by atoms with van der Waals surface area (Å²) in [4.78, 5) is 16.5. The molecular weight excluding hydrogens is 447 g/mol. The van der Waals surface area contributed by atoms with Crippen molar-refractivity contribution in [1.82, 2.24) is 10.3 Å². The number of pyridine rings is 1. The Morgan fingerprint density at radius 1 is 1.09 bits per heavy atom. The SMILES string of the molecule is C[C@H](CO)NC(=O)c1cnc(Oc2ccc(C(F)(F)F)cc2)c(-c2ccccc2C(F)F)c1. The summed E-state index contributed by atoms with van der Waals surface area (Å²) in [5.41, 5.74) is -1.09. The molecule has 3 aromatic rings. The molecule has 174 valence electrons. The topological polar surface area (TPSA) is 71.5 Å². The van der Waals surface area contributed by atoms with Crippen molar-refractivity contribution in [3.63, 3.8) is 0 Å². The van der Waals surface area contributed by atoms with Crippen molar-refractivity contribution >= 4 is 5.91 Å². The second-order valence-electron chi connectivity index (χ2n) is 7.15. The van der Waals surface area contributed by atoms with Gasteiger partial charge >= 0.3 is 6.18 Å². The summed E-state index contributed by atoms with van der Waals surface area (Å²) < 4.78 is 71.3. The second kappa shape index (κ2) is 9.95. The van der Waals surface area contributed by atoms with Gasteiger partial charge in [0.25, 0.3) is 12.3 Å². The second-order valence-corrected chi connectivity index (χ2v) is 7.15. The number of aliphatic hydroxyl groups excluding tert-OH is 1. The number of hydrogen-bond acceptors (Lipinski definition) is 4. The van der Waals surface area contributed by atoms with Crippen LogP contribution in [-0.4, -0.2) is 28.6 Å². The molecule has 0 aliphatic rings. The molecule has 1 atom stereocenters. The number of hydrogen-bond donors (Lipinski definition) is 2. The average molecular weight is 466 g/mol. The van der Waals surface area contributed by atoms with E-state index in [4.69, 9.17) is 9.84 Å². The summed E-state index contributed by atoms with van der Waals surface area (Å²) in [6, 6.07) is 10.1. The van der Waals surface area contributed by atoms with Crippen molar-refractivity contribution in [1.29, 1.82) is 0 Å². The number of carbonyl (C=O) groups excluding carboxylic acids is 1. The van der Waals surface area contributed by atoms with E-state index in [0.29, 0.717) is 0 Å². The molecule has 10 heteroatoms. The molecule has 0 bridgehead atoms. The highest BCUT2D eigenvalue weighted by Crippen LogP contribution is 2.38. The molecule has 2 aromatic carbocycles. The lowest BCUT2D eigenvalue weighted by atomic mass is 9.99. The third-order valence-electron chi connectivity index (χ3n) is 4.65. The van der Waals surface area contributed by atoms with Gasteiger partial charge in [-0.05, 0) is 42.8 Å². The normalized spacial score (nSPS) is 12.5. The lowest BCUT2D eigenvalue weighted by molar-refractivity contribution is -0.137. The summed E-state index contributed by atoms with van der Waals surface area (Å²) in [5.74, 6) is -0.770. The van der Waals surface area contributed by atoms with Gasteiger partial charge in [0.15, 0.2) is 0 Å². The molecule has 2 N–H and O–H groups in total. The van der Waals surface area contributed by atoms with Gasteiger partial charge in [-0.3, -0.25) is 4.79 Å². The maximum Gasteiger partial charge on any atom is 0.416 e. The van der Waals surface area contributed by atoms with Crippen molar-refractivity contribution < 1.29 is 36.6 Å². The quantitative estimate of drug-likeness (QED) is 0.444. The van der Waals surface area contributed by atoms with Gasteiger partial charge in [0.2, 0.25) is 5.88 Å². The molecule has 0 aliphatic carbocycles. The number of aliphatic hydroxyl groups is 1. The predicted molar refractivity (Wildman–Crippen MR) is 110 cm³/mol. The highest BCUT2D eigenvalue weighted by atomic mass is 19.4. The Labute approximate surface area is 185 Å². The molecule has 1 heterocycles. The molecule has 1 amide bonds. The summed E-state index contributed by atoms with van der Waals surface area (Å²) in [6.07, 6.45) is -6.22. The van der Waals surface area contributed by atoms with E-state index in [2.05, 4.69) is 10.3 Å². The van der Waals surface area contributed by atoms with E-state index in [1.54, 1.807) is 6.92 Å². The Morgan fingerprint density at radius 3 is 2.36 bits per heavy atom. The minimum atomic E-state index is -4.53.